The number of rotatable bonds is 7. The zero-order chi connectivity index (χ0) is 24.3. The van der Waals surface area contributed by atoms with E-state index in [-0.39, 0.29) is 11.7 Å². The third-order valence-corrected chi connectivity index (χ3v) is 8.00. The van der Waals surface area contributed by atoms with E-state index in [1.165, 1.54) is 43.9 Å². The highest BCUT2D eigenvalue weighted by atomic mass is 19.3. The van der Waals surface area contributed by atoms with Crippen LogP contribution in [0.1, 0.15) is 94.2 Å². The van der Waals surface area contributed by atoms with Crippen LogP contribution in [-0.2, 0) is 12.5 Å². The van der Waals surface area contributed by atoms with Gasteiger partial charge in [0.2, 0.25) is 0 Å². The molecule has 2 aromatic carbocycles. The largest absolute Gasteiger partial charge is 0.429 e. The van der Waals surface area contributed by atoms with Crippen LogP contribution in [0.15, 0.2) is 36.4 Å². The van der Waals surface area contributed by atoms with Crippen molar-refractivity contribution in [2.45, 2.75) is 90.1 Å². The van der Waals surface area contributed by atoms with E-state index in [0.717, 1.165) is 50.2 Å². The molecule has 0 atom stereocenters. The first kappa shape index (κ1) is 25.1. The van der Waals surface area contributed by atoms with Crippen molar-refractivity contribution in [1.82, 2.24) is 0 Å². The predicted molar refractivity (Wildman–Crippen MR) is 127 cm³/mol. The fourth-order valence-electron chi connectivity index (χ4n) is 5.62. The molecule has 0 aliphatic heterocycles. The van der Waals surface area contributed by atoms with E-state index < -0.39 is 23.3 Å². The van der Waals surface area contributed by atoms with E-state index in [0.29, 0.717) is 29.4 Å². The molecule has 4 rings (SSSR count). The number of hydrogen-bond acceptors (Lipinski definition) is 1. The molecule has 0 spiro atoms. The maximum atomic E-state index is 14.8. The summed E-state index contributed by atoms with van der Waals surface area (Å²) in [5.74, 6) is 0.305. The second-order valence-electron chi connectivity index (χ2n) is 10.7. The number of aryl methyl sites for hydroxylation is 1. The Hall–Kier alpha value is -2.04. The third kappa shape index (κ3) is 6.14. The molecular weight excluding hydrogens is 440 g/mol. The van der Waals surface area contributed by atoms with Crippen molar-refractivity contribution in [2.24, 2.45) is 17.8 Å². The van der Waals surface area contributed by atoms with Crippen molar-refractivity contribution in [3.8, 4) is 5.75 Å². The average molecular weight is 477 g/mol. The molecule has 0 amide bonds. The Labute approximate surface area is 200 Å². The number of halogens is 4. The van der Waals surface area contributed by atoms with Crippen molar-refractivity contribution in [2.75, 3.05) is 0 Å². The summed E-state index contributed by atoms with van der Waals surface area (Å²) >= 11 is 0. The molecule has 2 aromatic rings. The predicted octanol–water partition coefficient (Wildman–Crippen LogP) is 9.15. The van der Waals surface area contributed by atoms with Gasteiger partial charge in [-0.1, -0.05) is 64.5 Å². The van der Waals surface area contributed by atoms with E-state index in [4.69, 9.17) is 4.74 Å². The Morgan fingerprint density at radius 2 is 1.44 bits per heavy atom. The molecule has 0 aromatic heterocycles. The van der Waals surface area contributed by atoms with Gasteiger partial charge in [0.15, 0.2) is 0 Å². The van der Waals surface area contributed by atoms with E-state index in [9.17, 15) is 17.6 Å². The molecule has 0 heterocycles. The summed E-state index contributed by atoms with van der Waals surface area (Å²) in [7, 11) is 0. The highest BCUT2D eigenvalue weighted by Crippen LogP contribution is 2.39. The fraction of sp³-hybridized carbons (Fsp3) is 0.586. The zero-order valence-corrected chi connectivity index (χ0v) is 20.3. The minimum absolute atomic E-state index is 0.104. The first-order valence-corrected chi connectivity index (χ1v) is 12.9. The van der Waals surface area contributed by atoms with Gasteiger partial charge in [-0.2, -0.15) is 8.78 Å². The van der Waals surface area contributed by atoms with E-state index in [2.05, 4.69) is 13.8 Å². The lowest BCUT2D eigenvalue weighted by atomic mass is 9.79. The number of hydrogen-bond donors (Lipinski definition) is 0. The molecule has 2 aliphatic carbocycles. The summed E-state index contributed by atoms with van der Waals surface area (Å²) < 4.78 is 63.7. The van der Waals surface area contributed by atoms with Crippen molar-refractivity contribution in [3.63, 3.8) is 0 Å². The number of benzene rings is 2. The van der Waals surface area contributed by atoms with E-state index >= 15 is 0 Å². The molecule has 0 bridgehead atoms. The molecule has 2 fully saturated rings. The minimum atomic E-state index is -3.89. The van der Waals surface area contributed by atoms with Gasteiger partial charge >= 0.3 is 6.11 Å². The Balaban J connectivity index is 1.39. The van der Waals surface area contributed by atoms with Crippen LogP contribution in [0.25, 0.3) is 0 Å². The Morgan fingerprint density at radius 1 is 0.794 bits per heavy atom. The van der Waals surface area contributed by atoms with Gasteiger partial charge in [-0.3, -0.25) is 0 Å². The van der Waals surface area contributed by atoms with Gasteiger partial charge in [-0.25, -0.2) is 8.78 Å². The van der Waals surface area contributed by atoms with Crippen molar-refractivity contribution in [3.05, 3.63) is 64.7 Å². The van der Waals surface area contributed by atoms with Crippen LogP contribution in [0.2, 0.25) is 0 Å². The van der Waals surface area contributed by atoms with Crippen LogP contribution in [-0.4, -0.2) is 0 Å². The van der Waals surface area contributed by atoms with Crippen LogP contribution >= 0.6 is 0 Å². The summed E-state index contributed by atoms with van der Waals surface area (Å²) in [6.45, 7) is 4.46. The quantitative estimate of drug-likeness (QED) is 0.362. The molecule has 0 unspecified atom stereocenters. The maximum absolute atomic E-state index is 14.8. The summed E-state index contributed by atoms with van der Waals surface area (Å²) in [5.41, 5.74) is 0.437. The van der Waals surface area contributed by atoms with Gasteiger partial charge in [-0.05, 0) is 78.7 Å². The normalized spacial score (nSPS) is 25.8. The van der Waals surface area contributed by atoms with Crippen LogP contribution < -0.4 is 4.74 Å². The fourth-order valence-corrected chi connectivity index (χ4v) is 5.62. The average Bonchev–Trinajstić information content (AvgIpc) is 2.79. The first-order valence-electron chi connectivity index (χ1n) is 12.9. The third-order valence-electron chi connectivity index (χ3n) is 8.00. The van der Waals surface area contributed by atoms with Crippen molar-refractivity contribution < 1.29 is 22.3 Å². The monoisotopic (exact) mass is 476 g/mol. The first-order chi connectivity index (χ1) is 16.2. The second kappa shape index (κ2) is 10.7. The maximum Gasteiger partial charge on any atom is 0.429 e. The lowest BCUT2D eigenvalue weighted by Crippen LogP contribution is -2.23. The SMILES string of the molecule is CC1CCC(CCc2ccc(C(F)(F)Oc3ccc(C4CCC(C)CC4)c(F)c3)c(F)c2)CC1. The Bertz CT molecular complexity index is 957. The highest BCUT2D eigenvalue weighted by Gasteiger charge is 2.38. The number of alkyl halides is 2. The lowest BCUT2D eigenvalue weighted by molar-refractivity contribution is -0.187. The molecule has 1 nitrogen and oxygen atoms in total. The van der Waals surface area contributed by atoms with E-state index in [1.54, 1.807) is 6.07 Å². The Kier molecular flexibility index (Phi) is 7.89. The van der Waals surface area contributed by atoms with Gasteiger partial charge < -0.3 is 4.74 Å². The van der Waals surface area contributed by atoms with E-state index in [1.807, 2.05) is 0 Å². The number of ether oxygens (including phenoxy) is 1. The Morgan fingerprint density at radius 3 is 2.06 bits per heavy atom. The molecule has 0 saturated heterocycles. The molecule has 0 radical (unpaired) electrons. The summed E-state index contributed by atoms with van der Waals surface area (Å²) in [5, 5.41) is 0. The second-order valence-corrected chi connectivity index (χ2v) is 10.7. The van der Waals surface area contributed by atoms with Crippen LogP contribution in [0.3, 0.4) is 0 Å². The lowest BCUT2D eigenvalue weighted by Gasteiger charge is -2.27. The van der Waals surface area contributed by atoms with Crippen LogP contribution in [0, 0.1) is 29.4 Å². The van der Waals surface area contributed by atoms with Crippen molar-refractivity contribution >= 4 is 0 Å². The summed E-state index contributed by atoms with van der Waals surface area (Å²) in [4.78, 5) is 0. The molecule has 2 aliphatic rings. The van der Waals surface area contributed by atoms with Gasteiger partial charge in [-0.15, -0.1) is 0 Å². The van der Waals surface area contributed by atoms with Gasteiger partial charge in [0.05, 0.1) is 5.56 Å². The minimum Gasteiger partial charge on any atom is -0.429 e. The standard InChI is InChI=1S/C29H36F4O/c1-19-3-7-21(8-4-19)9-10-22-11-16-26(28(31)17-22)29(32,33)34-24-14-15-25(27(30)18-24)23-12-5-20(2)6-13-23/h11,14-21,23H,3-10,12-13H2,1-2H3. The van der Waals surface area contributed by atoms with Crippen LogP contribution in [0.4, 0.5) is 17.6 Å². The molecule has 34 heavy (non-hydrogen) atoms. The van der Waals surface area contributed by atoms with Gasteiger partial charge in [0.1, 0.15) is 17.4 Å². The zero-order valence-electron chi connectivity index (χ0n) is 20.3. The van der Waals surface area contributed by atoms with Gasteiger partial charge in [0.25, 0.3) is 0 Å². The van der Waals surface area contributed by atoms with Crippen molar-refractivity contribution in [1.29, 1.82) is 0 Å². The molecule has 5 heteroatoms. The smallest absolute Gasteiger partial charge is 0.429 e. The summed E-state index contributed by atoms with van der Waals surface area (Å²) in [6, 6.07) is 7.73. The highest BCUT2D eigenvalue weighted by molar-refractivity contribution is 5.33. The molecule has 2 saturated carbocycles. The molecule has 186 valence electrons. The van der Waals surface area contributed by atoms with Gasteiger partial charge in [0, 0.05) is 6.07 Å². The van der Waals surface area contributed by atoms with Crippen LogP contribution in [0.5, 0.6) is 5.75 Å². The topological polar surface area (TPSA) is 9.23 Å². The molecule has 0 N–H and O–H groups in total. The summed E-state index contributed by atoms with van der Waals surface area (Å²) in [6.07, 6.45) is 6.41. The molecular formula is C29H36F4O.